The van der Waals surface area contributed by atoms with Crippen LogP contribution in [-0.2, 0) is 14.3 Å². The minimum atomic E-state index is -0.895. The summed E-state index contributed by atoms with van der Waals surface area (Å²) in [7, 11) is 0. The second-order valence-electron chi connectivity index (χ2n) is 10.5. The number of carbonyl (C=O) groups excluding carboxylic acids is 3. The second-order valence-corrected chi connectivity index (χ2v) is 10.5. The molecule has 0 fully saturated rings. The SMILES string of the molecule is C=Cc1cccc(C(C(=O)NCCCCC)N(C(=O)C(C)NC(=O)OC(C)(C)C)C(C)(C)CC)c1. The first kappa shape index (κ1) is 30.2. The smallest absolute Gasteiger partial charge is 0.408 e. The zero-order chi connectivity index (χ0) is 26.8. The lowest BCUT2D eigenvalue weighted by molar-refractivity contribution is -0.149. The summed E-state index contributed by atoms with van der Waals surface area (Å²) in [4.78, 5) is 41.4. The van der Waals surface area contributed by atoms with E-state index in [0.29, 0.717) is 18.5 Å². The number of hydrogen-bond donors (Lipinski definition) is 2. The van der Waals surface area contributed by atoms with Crippen molar-refractivity contribution in [3.63, 3.8) is 0 Å². The number of nitrogens with one attached hydrogen (secondary N) is 2. The van der Waals surface area contributed by atoms with Gasteiger partial charge in [0.25, 0.3) is 0 Å². The highest BCUT2D eigenvalue weighted by molar-refractivity contribution is 5.92. The van der Waals surface area contributed by atoms with Gasteiger partial charge in [-0.05, 0) is 71.6 Å². The Hall–Kier alpha value is -2.83. The van der Waals surface area contributed by atoms with E-state index < -0.39 is 29.3 Å². The van der Waals surface area contributed by atoms with Crippen molar-refractivity contribution in [2.45, 2.75) is 104 Å². The van der Waals surface area contributed by atoms with Gasteiger partial charge >= 0.3 is 6.09 Å². The molecule has 0 spiro atoms. The van der Waals surface area contributed by atoms with Crippen LogP contribution in [0.25, 0.3) is 6.08 Å². The average molecular weight is 488 g/mol. The molecule has 35 heavy (non-hydrogen) atoms. The van der Waals surface area contributed by atoms with Crippen LogP contribution in [0.15, 0.2) is 30.8 Å². The monoisotopic (exact) mass is 487 g/mol. The third-order valence-electron chi connectivity index (χ3n) is 5.91. The Morgan fingerprint density at radius 2 is 1.77 bits per heavy atom. The van der Waals surface area contributed by atoms with Crippen LogP contribution in [0, 0.1) is 0 Å². The van der Waals surface area contributed by atoms with Gasteiger partial charge in [0.05, 0.1) is 0 Å². The quantitative estimate of drug-likeness (QED) is 0.375. The van der Waals surface area contributed by atoms with E-state index in [1.807, 2.05) is 45.0 Å². The van der Waals surface area contributed by atoms with Gasteiger partial charge in [-0.2, -0.15) is 0 Å². The molecule has 0 saturated heterocycles. The molecule has 1 aromatic carbocycles. The van der Waals surface area contributed by atoms with Crippen molar-refractivity contribution in [2.24, 2.45) is 0 Å². The lowest BCUT2D eigenvalue weighted by Gasteiger charge is -2.44. The summed E-state index contributed by atoms with van der Waals surface area (Å²) in [5.41, 5.74) is 0.181. The molecule has 0 aliphatic rings. The van der Waals surface area contributed by atoms with Crippen molar-refractivity contribution < 1.29 is 19.1 Å². The number of alkyl carbamates (subject to hydrolysis) is 1. The van der Waals surface area contributed by atoms with Crippen molar-refractivity contribution in [2.75, 3.05) is 6.54 Å². The fraction of sp³-hybridized carbons (Fsp3) is 0.607. The van der Waals surface area contributed by atoms with Gasteiger partial charge in [-0.1, -0.05) is 57.5 Å². The minimum Gasteiger partial charge on any atom is -0.444 e. The maximum Gasteiger partial charge on any atom is 0.408 e. The van der Waals surface area contributed by atoms with Crippen LogP contribution in [0.1, 0.15) is 98.2 Å². The van der Waals surface area contributed by atoms with Gasteiger partial charge in [0.1, 0.15) is 17.7 Å². The Balaban J connectivity index is 3.44. The number of amides is 3. The first-order chi connectivity index (χ1) is 16.3. The zero-order valence-corrected chi connectivity index (χ0v) is 22.9. The van der Waals surface area contributed by atoms with Crippen molar-refractivity contribution in [1.82, 2.24) is 15.5 Å². The van der Waals surface area contributed by atoms with E-state index in [2.05, 4.69) is 24.1 Å². The summed E-state index contributed by atoms with van der Waals surface area (Å²) in [6.45, 7) is 19.2. The number of benzene rings is 1. The second kappa shape index (κ2) is 13.3. The molecule has 3 amide bonds. The lowest BCUT2D eigenvalue weighted by Crippen LogP contribution is -2.58. The summed E-state index contributed by atoms with van der Waals surface area (Å²) < 4.78 is 5.34. The highest BCUT2D eigenvalue weighted by Crippen LogP contribution is 2.32. The largest absolute Gasteiger partial charge is 0.444 e. The van der Waals surface area contributed by atoms with Crippen molar-refractivity contribution in [3.8, 4) is 0 Å². The molecule has 1 aromatic rings. The number of unbranched alkanes of at least 4 members (excludes halogenated alkanes) is 2. The summed E-state index contributed by atoms with van der Waals surface area (Å²) in [5, 5.41) is 5.67. The maximum absolute atomic E-state index is 13.9. The van der Waals surface area contributed by atoms with E-state index in [1.54, 1.807) is 38.7 Å². The van der Waals surface area contributed by atoms with Crippen molar-refractivity contribution in [1.29, 1.82) is 0 Å². The first-order valence-electron chi connectivity index (χ1n) is 12.6. The zero-order valence-electron chi connectivity index (χ0n) is 22.9. The van der Waals surface area contributed by atoms with E-state index in [1.165, 1.54) is 0 Å². The number of ether oxygens (including phenoxy) is 1. The van der Waals surface area contributed by atoms with Crippen LogP contribution in [0.2, 0.25) is 0 Å². The van der Waals surface area contributed by atoms with Gasteiger partial charge in [-0.3, -0.25) is 9.59 Å². The molecule has 1 rings (SSSR count). The molecular weight excluding hydrogens is 442 g/mol. The van der Waals surface area contributed by atoms with E-state index in [-0.39, 0.29) is 11.8 Å². The topological polar surface area (TPSA) is 87.7 Å². The summed E-state index contributed by atoms with van der Waals surface area (Å²) >= 11 is 0. The van der Waals surface area contributed by atoms with Crippen LogP contribution in [0.4, 0.5) is 4.79 Å². The molecule has 0 heterocycles. The van der Waals surface area contributed by atoms with E-state index in [0.717, 1.165) is 24.8 Å². The molecule has 7 heteroatoms. The van der Waals surface area contributed by atoms with E-state index in [4.69, 9.17) is 4.74 Å². The molecule has 0 aliphatic carbocycles. The number of hydrogen-bond acceptors (Lipinski definition) is 4. The summed E-state index contributed by atoms with van der Waals surface area (Å²) in [6, 6.07) is 5.71. The van der Waals surface area contributed by atoms with Gasteiger partial charge in [-0.25, -0.2) is 4.79 Å². The molecule has 7 nitrogen and oxygen atoms in total. The Morgan fingerprint density at radius 1 is 1.11 bits per heavy atom. The molecule has 2 atom stereocenters. The first-order valence-corrected chi connectivity index (χ1v) is 12.6. The molecule has 0 aromatic heterocycles. The number of rotatable bonds is 12. The molecular formula is C28H45N3O4. The predicted molar refractivity (Wildman–Crippen MR) is 142 cm³/mol. The summed E-state index contributed by atoms with van der Waals surface area (Å²) in [5.74, 6) is -0.609. The minimum absolute atomic E-state index is 0.248. The Morgan fingerprint density at radius 3 is 2.31 bits per heavy atom. The van der Waals surface area contributed by atoms with E-state index in [9.17, 15) is 14.4 Å². The fourth-order valence-corrected chi connectivity index (χ4v) is 3.66. The van der Waals surface area contributed by atoms with Crippen molar-refractivity contribution in [3.05, 3.63) is 42.0 Å². The predicted octanol–water partition coefficient (Wildman–Crippen LogP) is 5.61. The third-order valence-corrected chi connectivity index (χ3v) is 5.91. The molecule has 2 N–H and O–H groups in total. The molecule has 0 saturated carbocycles. The Bertz CT molecular complexity index is 873. The average Bonchev–Trinajstić information content (AvgIpc) is 2.78. The van der Waals surface area contributed by atoms with Crippen LogP contribution < -0.4 is 10.6 Å². The third kappa shape index (κ3) is 9.38. The van der Waals surface area contributed by atoms with E-state index >= 15 is 0 Å². The van der Waals surface area contributed by atoms with Gasteiger partial charge in [-0.15, -0.1) is 0 Å². The van der Waals surface area contributed by atoms with Crippen LogP contribution in [-0.4, -0.2) is 46.5 Å². The Labute approximate surface area is 211 Å². The number of carbonyl (C=O) groups is 3. The normalized spacial score (nSPS) is 13.4. The van der Waals surface area contributed by atoms with Crippen LogP contribution in [0.5, 0.6) is 0 Å². The molecule has 2 unspecified atom stereocenters. The van der Waals surface area contributed by atoms with Gasteiger partial charge < -0.3 is 20.3 Å². The molecule has 196 valence electrons. The maximum atomic E-state index is 13.9. The van der Waals surface area contributed by atoms with Gasteiger partial charge in [0.15, 0.2) is 0 Å². The lowest BCUT2D eigenvalue weighted by atomic mass is 9.91. The highest BCUT2D eigenvalue weighted by atomic mass is 16.6. The molecule has 0 aliphatic heterocycles. The van der Waals surface area contributed by atoms with Gasteiger partial charge in [0, 0.05) is 12.1 Å². The Kier molecular flexibility index (Phi) is 11.5. The summed E-state index contributed by atoms with van der Waals surface area (Å²) in [6.07, 6.45) is 4.56. The molecule has 0 bridgehead atoms. The number of nitrogens with zero attached hydrogens (tertiary/aromatic N) is 1. The van der Waals surface area contributed by atoms with Crippen molar-refractivity contribution >= 4 is 24.0 Å². The fourth-order valence-electron chi connectivity index (χ4n) is 3.66. The van der Waals surface area contributed by atoms with Crippen LogP contribution >= 0.6 is 0 Å². The molecule has 0 radical (unpaired) electrons. The van der Waals surface area contributed by atoms with Crippen LogP contribution in [0.3, 0.4) is 0 Å². The van der Waals surface area contributed by atoms with Gasteiger partial charge in [0.2, 0.25) is 11.8 Å². The standard InChI is InChI=1S/C28H45N3O4/c1-10-13-14-18-29-24(32)23(22-17-15-16-21(11-2)19-22)31(28(8,9)12-3)25(33)20(4)30-26(34)35-27(5,6)7/h11,15-17,19-20,23H,2,10,12-14,18H2,1,3-9H3,(H,29,32)(H,30,34). The highest BCUT2D eigenvalue weighted by Gasteiger charge is 2.42.